The van der Waals surface area contributed by atoms with Gasteiger partial charge in [-0.15, -0.1) is 0 Å². The Bertz CT molecular complexity index is 485. The van der Waals surface area contributed by atoms with E-state index in [1.165, 1.54) is 0 Å². The molecule has 0 amide bonds. The van der Waals surface area contributed by atoms with Gasteiger partial charge in [0, 0.05) is 23.1 Å². The van der Waals surface area contributed by atoms with Crippen molar-refractivity contribution < 1.29 is 13.5 Å². The highest BCUT2D eigenvalue weighted by molar-refractivity contribution is 7.99. The van der Waals surface area contributed by atoms with Gasteiger partial charge in [0.15, 0.2) is 5.03 Å². The highest BCUT2D eigenvalue weighted by Gasteiger charge is 2.24. The number of sulfonamides is 1. The Balaban J connectivity index is 2.86. The lowest BCUT2D eigenvalue weighted by Gasteiger charge is -2.12. The van der Waals surface area contributed by atoms with E-state index in [9.17, 15) is 13.5 Å². The van der Waals surface area contributed by atoms with Crippen molar-refractivity contribution >= 4 is 21.8 Å². The Morgan fingerprint density at radius 1 is 1.56 bits per heavy atom. The van der Waals surface area contributed by atoms with Crippen molar-refractivity contribution in [3.8, 4) is 0 Å². The first-order valence-electron chi connectivity index (χ1n) is 5.67. The molecule has 0 saturated carbocycles. The molecule has 1 rings (SSSR count). The van der Waals surface area contributed by atoms with E-state index in [0.29, 0.717) is 17.0 Å². The van der Waals surface area contributed by atoms with Crippen molar-refractivity contribution in [3.63, 3.8) is 0 Å². The van der Waals surface area contributed by atoms with Gasteiger partial charge in [-0.1, -0.05) is 6.92 Å². The lowest BCUT2D eigenvalue weighted by Crippen LogP contribution is -2.35. The van der Waals surface area contributed by atoms with E-state index in [1.807, 2.05) is 6.92 Å². The second-order valence-electron chi connectivity index (χ2n) is 3.97. The molecule has 1 unspecified atom stereocenters. The molecule has 0 aliphatic rings. The summed E-state index contributed by atoms with van der Waals surface area (Å²) in [4.78, 5) is 0. The van der Waals surface area contributed by atoms with E-state index in [2.05, 4.69) is 14.9 Å². The number of aromatic amines is 1. The summed E-state index contributed by atoms with van der Waals surface area (Å²) < 4.78 is 26.7. The molecule has 8 heteroatoms. The zero-order valence-corrected chi connectivity index (χ0v) is 12.4. The third kappa shape index (κ3) is 3.71. The molecule has 18 heavy (non-hydrogen) atoms. The van der Waals surface area contributed by atoms with Gasteiger partial charge in [0.25, 0.3) is 10.0 Å². The van der Waals surface area contributed by atoms with Crippen LogP contribution in [0.15, 0.2) is 5.03 Å². The van der Waals surface area contributed by atoms with Crippen LogP contribution in [0.1, 0.15) is 25.1 Å². The molecule has 0 aliphatic heterocycles. The fraction of sp³-hybridized carbons (Fsp3) is 0.700. The number of nitrogens with zero attached hydrogens (tertiary/aromatic N) is 1. The summed E-state index contributed by atoms with van der Waals surface area (Å²) in [5.74, 6) is 1.64. The first-order valence-corrected chi connectivity index (χ1v) is 8.31. The topological polar surface area (TPSA) is 95.1 Å². The summed E-state index contributed by atoms with van der Waals surface area (Å²) >= 11 is 1.66. The first-order chi connectivity index (χ1) is 8.42. The largest absolute Gasteiger partial charge is 0.392 e. The molecule has 0 aromatic carbocycles. The van der Waals surface area contributed by atoms with Crippen LogP contribution >= 0.6 is 11.8 Å². The maximum absolute atomic E-state index is 12.1. The van der Waals surface area contributed by atoms with Gasteiger partial charge in [-0.05, 0) is 19.6 Å². The maximum Gasteiger partial charge on any atom is 0.260 e. The number of aromatic nitrogens is 2. The molecule has 0 spiro atoms. The number of aliphatic hydroxyl groups excluding tert-OH is 1. The van der Waals surface area contributed by atoms with Crippen LogP contribution in [0.4, 0.5) is 0 Å². The Morgan fingerprint density at radius 2 is 2.22 bits per heavy atom. The zero-order valence-electron chi connectivity index (χ0n) is 10.7. The van der Waals surface area contributed by atoms with Gasteiger partial charge < -0.3 is 5.11 Å². The fourth-order valence-electron chi connectivity index (χ4n) is 1.49. The highest BCUT2D eigenvalue weighted by atomic mass is 32.2. The Hall–Kier alpha value is -0.570. The van der Waals surface area contributed by atoms with Crippen molar-refractivity contribution in [2.75, 3.05) is 11.5 Å². The minimum absolute atomic E-state index is 0.115. The van der Waals surface area contributed by atoms with E-state index < -0.39 is 10.0 Å². The molecule has 3 N–H and O–H groups in total. The van der Waals surface area contributed by atoms with Crippen molar-refractivity contribution in [1.82, 2.24) is 14.9 Å². The van der Waals surface area contributed by atoms with Crippen LogP contribution in [0.5, 0.6) is 0 Å². The summed E-state index contributed by atoms with van der Waals surface area (Å²) in [5, 5.41) is 15.4. The van der Waals surface area contributed by atoms with Gasteiger partial charge in [0.2, 0.25) is 0 Å². The highest BCUT2D eigenvalue weighted by Crippen LogP contribution is 2.16. The van der Waals surface area contributed by atoms with E-state index in [-0.39, 0.29) is 17.7 Å². The molecule has 104 valence electrons. The van der Waals surface area contributed by atoms with Crippen LogP contribution in [-0.2, 0) is 16.6 Å². The van der Waals surface area contributed by atoms with Gasteiger partial charge in [-0.2, -0.15) is 16.9 Å². The fourth-order valence-corrected chi connectivity index (χ4v) is 3.70. The van der Waals surface area contributed by atoms with E-state index in [0.717, 1.165) is 5.75 Å². The van der Waals surface area contributed by atoms with Gasteiger partial charge >= 0.3 is 0 Å². The molecule has 0 saturated heterocycles. The third-order valence-electron chi connectivity index (χ3n) is 2.38. The number of hydrogen-bond donors (Lipinski definition) is 3. The van der Waals surface area contributed by atoms with Crippen LogP contribution in [0.25, 0.3) is 0 Å². The average molecular weight is 293 g/mol. The van der Waals surface area contributed by atoms with Crippen LogP contribution < -0.4 is 4.72 Å². The van der Waals surface area contributed by atoms with Crippen LogP contribution in [0.3, 0.4) is 0 Å². The smallest absolute Gasteiger partial charge is 0.260 e. The van der Waals surface area contributed by atoms with Crippen LogP contribution in [-0.4, -0.2) is 41.3 Å². The number of H-pyrrole nitrogens is 1. The van der Waals surface area contributed by atoms with Crippen LogP contribution in [0, 0.1) is 6.92 Å². The Morgan fingerprint density at radius 3 is 2.78 bits per heavy atom. The maximum atomic E-state index is 12.1. The number of thioether (sulfide) groups is 1. The zero-order chi connectivity index (χ0) is 13.8. The average Bonchev–Trinajstić information content (AvgIpc) is 2.67. The SMILES string of the molecule is CCSCC(C)NS(=O)(=O)c1n[nH]c(C)c1CO. The Labute approximate surface area is 112 Å². The van der Waals surface area contributed by atoms with E-state index >= 15 is 0 Å². The van der Waals surface area contributed by atoms with Crippen molar-refractivity contribution in [3.05, 3.63) is 11.3 Å². The summed E-state index contributed by atoms with van der Waals surface area (Å²) in [5.41, 5.74) is 0.881. The lowest BCUT2D eigenvalue weighted by molar-refractivity contribution is 0.277. The monoisotopic (exact) mass is 293 g/mol. The van der Waals surface area contributed by atoms with Gasteiger partial charge in [0.1, 0.15) is 0 Å². The summed E-state index contributed by atoms with van der Waals surface area (Å²) in [6.45, 7) is 5.15. The molecular formula is C10H19N3O3S2. The predicted octanol–water partition coefficient (Wildman–Crippen LogP) is 0.630. The minimum Gasteiger partial charge on any atom is -0.392 e. The third-order valence-corrected chi connectivity index (χ3v) is 5.08. The molecule has 0 aliphatic carbocycles. The minimum atomic E-state index is -3.68. The number of aliphatic hydroxyl groups is 1. The molecule has 6 nitrogen and oxygen atoms in total. The molecule has 1 heterocycles. The van der Waals surface area contributed by atoms with Crippen LogP contribution in [0.2, 0.25) is 0 Å². The Kier molecular flexibility index (Phi) is 5.64. The van der Waals surface area contributed by atoms with Crippen molar-refractivity contribution in [2.45, 2.75) is 38.4 Å². The number of nitrogens with one attached hydrogen (secondary N) is 2. The molecule has 0 fully saturated rings. The van der Waals surface area contributed by atoms with Gasteiger partial charge in [0.05, 0.1) is 6.61 Å². The second kappa shape index (κ2) is 6.55. The van der Waals surface area contributed by atoms with E-state index in [1.54, 1.807) is 25.6 Å². The van der Waals surface area contributed by atoms with E-state index in [4.69, 9.17) is 0 Å². The number of rotatable bonds is 7. The molecule has 1 aromatic rings. The van der Waals surface area contributed by atoms with Gasteiger partial charge in [-0.3, -0.25) is 5.10 Å². The summed E-state index contributed by atoms with van der Waals surface area (Å²) in [6, 6.07) is -0.177. The predicted molar refractivity (Wildman–Crippen MR) is 72.0 cm³/mol. The standard InChI is InChI=1S/C10H19N3O3S2/c1-4-17-6-7(2)13-18(15,16)10-9(5-14)8(3)11-12-10/h7,13-14H,4-6H2,1-3H3,(H,11,12). The summed E-state index contributed by atoms with van der Waals surface area (Å²) in [6.07, 6.45) is 0. The van der Waals surface area contributed by atoms with Crippen molar-refractivity contribution in [1.29, 1.82) is 0 Å². The molecule has 1 aromatic heterocycles. The summed E-state index contributed by atoms with van der Waals surface area (Å²) in [7, 11) is -3.68. The molecule has 1 atom stereocenters. The number of aryl methyl sites for hydroxylation is 1. The molecular weight excluding hydrogens is 274 g/mol. The second-order valence-corrected chi connectivity index (χ2v) is 6.92. The molecule has 0 radical (unpaired) electrons. The molecule has 0 bridgehead atoms. The number of hydrogen-bond acceptors (Lipinski definition) is 5. The van der Waals surface area contributed by atoms with Gasteiger partial charge in [-0.25, -0.2) is 13.1 Å². The quantitative estimate of drug-likeness (QED) is 0.685. The normalized spacial score (nSPS) is 13.8. The first kappa shape index (κ1) is 15.5. The lowest BCUT2D eigenvalue weighted by atomic mass is 10.3. The van der Waals surface area contributed by atoms with Crippen molar-refractivity contribution in [2.24, 2.45) is 0 Å².